The third kappa shape index (κ3) is 74.4. The molecule has 0 radical (unpaired) electrons. The van der Waals surface area contributed by atoms with E-state index in [-0.39, 0.29) is 55.9 Å². The van der Waals surface area contributed by atoms with Crippen LogP contribution in [0.5, 0.6) is 0 Å². The Hall–Kier alpha value is -8.53. The van der Waals surface area contributed by atoms with E-state index in [1.54, 1.807) is 109 Å². The number of nitrogens with zero attached hydrogens (tertiary/aromatic N) is 6. The number of guanidine groups is 2. The van der Waals surface area contributed by atoms with Gasteiger partial charge in [-0.1, -0.05) is 216 Å². The van der Waals surface area contributed by atoms with Crippen LogP contribution in [0.1, 0.15) is 351 Å². The molecule has 0 aliphatic rings. The van der Waals surface area contributed by atoms with Crippen LogP contribution in [0, 0.1) is 11.3 Å². The van der Waals surface area contributed by atoms with E-state index in [0.29, 0.717) is 26.1 Å². The summed E-state index contributed by atoms with van der Waals surface area (Å²) in [6, 6.07) is 37.6. The number of halogens is 2. The molecule has 0 atom stereocenters. The molecule has 29 heteroatoms. The molecular formula is C104H181Cl2N13O14. The number of alkyl carbamates (subject to hydrolysis) is 3. The van der Waals surface area contributed by atoms with E-state index in [9.17, 15) is 39.6 Å². The third-order valence-corrected chi connectivity index (χ3v) is 19.3. The molecule has 0 fully saturated rings. The molecular weight excluding hydrogens is 1730 g/mol. The fraction of sp³-hybridized carbons (Fsp3) is 0.644. The van der Waals surface area contributed by atoms with Crippen molar-refractivity contribution in [3.05, 3.63) is 166 Å². The molecule has 5 aromatic rings. The van der Waals surface area contributed by atoms with E-state index in [1.807, 2.05) is 18.2 Å². The van der Waals surface area contributed by atoms with Gasteiger partial charge >= 0.3 is 24.4 Å². The quantitative estimate of drug-likeness (QED) is 0.00748. The monoisotopic (exact) mass is 1910 g/mol. The first-order chi connectivity index (χ1) is 61.6. The molecule has 5 rings (SSSR count). The number of aliphatic hydroxyl groups is 6. The van der Waals surface area contributed by atoms with E-state index < -0.39 is 69.2 Å². The molecule has 1 heterocycles. The van der Waals surface area contributed by atoms with Crippen molar-refractivity contribution in [3.8, 4) is 6.07 Å². The number of carbonyl (C=O) groups excluding carboxylic acids is 4. The molecule has 0 aliphatic carbocycles. The molecule has 760 valence electrons. The highest BCUT2D eigenvalue weighted by Crippen LogP contribution is 2.31. The summed E-state index contributed by atoms with van der Waals surface area (Å²) in [5, 5.41) is 76.7. The van der Waals surface area contributed by atoms with Gasteiger partial charge in [-0.05, 0) is 295 Å². The molecule has 133 heavy (non-hydrogen) atoms. The first-order valence-corrected chi connectivity index (χ1v) is 47.8. The Morgan fingerprint density at radius 3 is 1.00 bits per heavy atom. The zero-order valence-electron chi connectivity index (χ0n) is 85.8. The summed E-state index contributed by atoms with van der Waals surface area (Å²) in [5.74, 6) is 0.0433. The Morgan fingerprint density at radius 2 is 0.722 bits per heavy atom. The first kappa shape index (κ1) is 133. The molecule has 0 saturated carbocycles. The Labute approximate surface area is 814 Å². The van der Waals surface area contributed by atoms with Gasteiger partial charge in [-0.3, -0.25) is 25.9 Å². The number of aryl methyl sites for hydroxylation is 7. The van der Waals surface area contributed by atoms with E-state index in [1.165, 1.54) is 68.5 Å². The topological polar surface area (TPSA) is 445 Å². The summed E-state index contributed by atoms with van der Waals surface area (Å²) in [5.41, 5.74) is 27.1. The maximum Gasteiger partial charge on any atom is 0.437 e. The van der Waals surface area contributed by atoms with Crippen molar-refractivity contribution in [1.29, 1.82) is 5.26 Å². The van der Waals surface area contributed by atoms with E-state index in [2.05, 4.69) is 182 Å². The Balaban J connectivity index is -0.000000509. The Morgan fingerprint density at radius 1 is 0.436 bits per heavy atom. The van der Waals surface area contributed by atoms with Crippen LogP contribution in [0.3, 0.4) is 0 Å². The maximum absolute atomic E-state index is 12.2. The lowest BCUT2D eigenvalue weighted by Gasteiger charge is -2.27. The smallest absolute Gasteiger partial charge is 0.437 e. The number of nitrogens with one attached hydrogen (secondary N) is 3. The lowest BCUT2D eigenvalue weighted by Crippen LogP contribution is -2.47. The van der Waals surface area contributed by atoms with Gasteiger partial charge in [0.1, 0.15) is 22.4 Å². The number of aliphatic imine (C=N–C) groups is 3. The van der Waals surface area contributed by atoms with Crippen molar-refractivity contribution in [1.82, 2.24) is 25.7 Å². The van der Waals surface area contributed by atoms with Crippen molar-refractivity contribution in [2.75, 3.05) is 39.4 Å². The van der Waals surface area contributed by atoms with Gasteiger partial charge in [0.25, 0.3) is 0 Å². The number of rotatable bonds is 41. The van der Waals surface area contributed by atoms with Gasteiger partial charge in [-0.25, -0.2) is 23.9 Å². The van der Waals surface area contributed by atoms with Gasteiger partial charge in [0.15, 0.2) is 5.96 Å². The number of aliphatic hydroxyl groups excluding tert-OH is 2. The zero-order chi connectivity index (χ0) is 100. The van der Waals surface area contributed by atoms with E-state index in [4.69, 9.17) is 57.4 Å². The number of hydrogen-bond acceptors (Lipinski definition) is 20. The van der Waals surface area contributed by atoms with Gasteiger partial charge in [0, 0.05) is 52.2 Å². The molecule has 0 unspecified atom stereocenters. The summed E-state index contributed by atoms with van der Waals surface area (Å²) < 4.78 is 22.0. The number of hydrogen-bond donors (Lipinski definition) is 13. The summed E-state index contributed by atoms with van der Waals surface area (Å²) in [6.45, 7) is 45.6. The normalized spacial score (nSPS) is 11.4. The number of nitrogens with two attached hydrogens (primary N) is 4. The molecule has 1 aromatic heterocycles. The fourth-order valence-corrected chi connectivity index (χ4v) is 14.1. The maximum atomic E-state index is 12.2. The lowest BCUT2D eigenvalue weighted by molar-refractivity contribution is 0.0127. The van der Waals surface area contributed by atoms with Crippen molar-refractivity contribution in [2.24, 2.45) is 37.9 Å². The number of ether oxygens (including phenoxy) is 4. The minimum absolute atomic E-state index is 0. The molecule has 0 aliphatic heterocycles. The molecule has 0 spiro atoms. The molecule has 0 bridgehead atoms. The van der Waals surface area contributed by atoms with Crippen LogP contribution < -0.4 is 38.9 Å². The number of aromatic nitrogens is 2. The average Bonchev–Trinajstić information content (AvgIpc) is 1.72. The van der Waals surface area contributed by atoms with Crippen LogP contribution in [0.4, 0.5) is 19.2 Å². The number of nitriles is 1. The average molecular weight is 1910 g/mol. The second-order valence-electron chi connectivity index (χ2n) is 37.0. The summed E-state index contributed by atoms with van der Waals surface area (Å²) >= 11 is 0. The van der Waals surface area contributed by atoms with Crippen LogP contribution in [-0.4, -0.2) is 167 Å². The van der Waals surface area contributed by atoms with Crippen molar-refractivity contribution >= 4 is 73.1 Å². The highest BCUT2D eigenvalue weighted by atomic mass is 35.5. The highest BCUT2D eigenvalue weighted by Gasteiger charge is 2.30. The lowest BCUT2D eigenvalue weighted by atomic mass is 9.86. The minimum Gasteiger partial charge on any atom is -0.444 e. The molecule has 27 nitrogen and oxygen atoms in total. The number of carbonyl (C=O) groups is 4. The molecule has 0 saturated heterocycles. The van der Waals surface area contributed by atoms with Crippen LogP contribution in [0.2, 0.25) is 0 Å². The Bertz CT molecular complexity index is 3930. The number of benzene rings is 4. The molecule has 17 N–H and O–H groups in total. The SMILES string of the molecule is CC#N.CC(C)(C)OC(=O)N=C(NC(=O)OC(C)(C)C)n1cccn1.CCCC(O)(CCC)CCc1cccc(/C=C/CN)c1.CCCC(O)(CCC)CCc1cccc(CCCN)c1.CCCC(O)(CCC)CCc1cccc(CCCN=C(N)N)c1.CCCC(O)(CCC)CCc1cccc(CCCN=C(NC(=O)OC(C)(C)C)NC(=O)OC(C)(C)C)c1.CCO.CCO.Cl.Cl. The van der Waals surface area contributed by atoms with Gasteiger partial charge in [0.2, 0.25) is 11.9 Å². The fourth-order valence-electron chi connectivity index (χ4n) is 14.1. The predicted molar refractivity (Wildman–Crippen MR) is 554 cm³/mol. The van der Waals surface area contributed by atoms with Crippen molar-refractivity contribution in [2.45, 2.75) is 397 Å². The summed E-state index contributed by atoms with van der Waals surface area (Å²) in [4.78, 5) is 60.1. The summed E-state index contributed by atoms with van der Waals surface area (Å²) in [6.07, 6.45) is 31.8. The van der Waals surface area contributed by atoms with E-state index >= 15 is 0 Å². The van der Waals surface area contributed by atoms with Crippen molar-refractivity contribution < 1.29 is 68.8 Å². The largest absolute Gasteiger partial charge is 0.444 e. The first-order valence-electron chi connectivity index (χ1n) is 47.8. The standard InChI is InChI=1S/C29H49N3O5.C19H33N3O.C18H31NO.C18H29NO.C14H22N4O4.C2H3N.2C2H6O.2ClH/c1-9-17-29(35,18-10-2)19-16-23-14-11-13-22(21-23)15-12-20-30-24(31-25(33)36-27(3,4)5)32-26(34)37-28(6,7)8;1-3-11-19(23,12-4-2)13-10-17-8-5-7-16(15-17)9-6-14-22-18(20)21;2*1-3-11-18(20,12-4-2)13-10-17-8-5-7-16(15-17)9-6-14-19;1-13(2,3)21-11(19)16-10(18-9-7-8-15-18)17-12(20)22-14(4,5)6;3*1-2-3;;/h11,13-14,21,35H,9-10,12,15-20H2,1-8H3,(H2,30,31,32,33,34);5,7-8,15,23H,3-4,6,9-14H2,1-2H3,(H4,20,21,22);5,7-8,15,20H,3-4,6,9-14,19H2,1-2H3;5-9,15,20H,3-4,10-14,19H2,1-2H3;7-9H,1-6H3,(H,16,17,19,20);1H3;2*3H,2H2,1H3;2*1H/b;;;9-6+;;;;;;. The second kappa shape index (κ2) is 75.6. The highest BCUT2D eigenvalue weighted by molar-refractivity contribution is 6.01. The van der Waals surface area contributed by atoms with Crippen LogP contribution in [0.25, 0.3) is 6.08 Å². The van der Waals surface area contributed by atoms with Crippen LogP contribution in [0.15, 0.2) is 137 Å². The summed E-state index contributed by atoms with van der Waals surface area (Å²) in [7, 11) is 0. The molecule has 4 aromatic carbocycles. The van der Waals surface area contributed by atoms with Gasteiger partial charge in [-0.2, -0.15) is 10.4 Å². The Kier molecular flexibility index (Phi) is 75.6. The van der Waals surface area contributed by atoms with E-state index in [0.717, 1.165) is 193 Å². The van der Waals surface area contributed by atoms with Gasteiger partial charge in [0.05, 0.1) is 28.5 Å². The van der Waals surface area contributed by atoms with Crippen molar-refractivity contribution in [3.63, 3.8) is 0 Å². The third-order valence-electron chi connectivity index (χ3n) is 19.3. The predicted octanol–water partition coefficient (Wildman–Crippen LogP) is 21.1. The van der Waals surface area contributed by atoms with Gasteiger partial charge < -0.3 is 72.5 Å². The van der Waals surface area contributed by atoms with Crippen LogP contribution in [-0.2, 0) is 63.9 Å². The zero-order valence-corrected chi connectivity index (χ0v) is 87.5. The van der Waals surface area contributed by atoms with Crippen LogP contribution >= 0.6 is 24.8 Å². The van der Waals surface area contributed by atoms with Gasteiger partial charge in [-0.15, -0.1) is 29.8 Å². The second-order valence-corrected chi connectivity index (χ2v) is 37.0. The minimum atomic E-state index is -0.839. The number of amides is 4. The molecule has 4 amide bonds.